The molecule has 0 spiro atoms. The van der Waals surface area contributed by atoms with E-state index in [-0.39, 0.29) is 5.41 Å². The van der Waals surface area contributed by atoms with Crippen molar-refractivity contribution in [1.29, 1.82) is 0 Å². The van der Waals surface area contributed by atoms with Crippen LogP contribution in [0.25, 0.3) is 89.1 Å². The van der Waals surface area contributed by atoms with Gasteiger partial charge in [0, 0.05) is 22.1 Å². The van der Waals surface area contributed by atoms with Gasteiger partial charge >= 0.3 is 0 Å². The van der Waals surface area contributed by atoms with E-state index in [0.29, 0.717) is 17.5 Å². The molecule has 250 valence electrons. The van der Waals surface area contributed by atoms with Crippen molar-refractivity contribution in [2.75, 3.05) is 0 Å². The molecule has 8 aromatic carbocycles. The van der Waals surface area contributed by atoms with Crippen molar-refractivity contribution in [2.24, 2.45) is 0 Å². The quantitative estimate of drug-likeness (QED) is 0.182. The van der Waals surface area contributed by atoms with Crippen LogP contribution in [-0.4, -0.2) is 15.0 Å². The van der Waals surface area contributed by atoms with E-state index in [4.69, 9.17) is 15.0 Å². The largest absolute Gasteiger partial charge is 0.208 e. The van der Waals surface area contributed by atoms with Crippen molar-refractivity contribution in [3.05, 3.63) is 187 Å². The molecule has 1 aliphatic rings. The van der Waals surface area contributed by atoms with Crippen LogP contribution in [-0.2, 0) is 5.41 Å². The first-order valence-electron chi connectivity index (χ1n) is 18.2. The fourth-order valence-electron chi connectivity index (χ4n) is 8.23. The van der Waals surface area contributed by atoms with Gasteiger partial charge in [-0.3, -0.25) is 0 Å². The van der Waals surface area contributed by atoms with E-state index in [1.807, 2.05) is 18.2 Å². The molecule has 0 saturated carbocycles. The lowest BCUT2D eigenvalue weighted by Gasteiger charge is -2.24. The van der Waals surface area contributed by atoms with Crippen LogP contribution in [0.4, 0.5) is 0 Å². The third-order valence-corrected chi connectivity index (χ3v) is 10.9. The highest BCUT2D eigenvalue weighted by molar-refractivity contribution is 6.05. The molecule has 9 aromatic rings. The summed E-state index contributed by atoms with van der Waals surface area (Å²) in [5.74, 6) is 1.97. The van der Waals surface area contributed by atoms with Gasteiger partial charge in [0.25, 0.3) is 0 Å². The smallest absolute Gasteiger partial charge is 0.164 e. The van der Waals surface area contributed by atoms with E-state index in [9.17, 15) is 0 Å². The van der Waals surface area contributed by atoms with Crippen molar-refractivity contribution in [3.8, 4) is 67.5 Å². The van der Waals surface area contributed by atoms with Crippen LogP contribution in [0.1, 0.15) is 25.0 Å². The van der Waals surface area contributed by atoms with Crippen LogP contribution in [0.2, 0.25) is 0 Å². The second kappa shape index (κ2) is 12.2. The van der Waals surface area contributed by atoms with Gasteiger partial charge in [-0.25, -0.2) is 15.0 Å². The summed E-state index contributed by atoms with van der Waals surface area (Å²) in [4.78, 5) is 15.7. The Bertz CT molecular complexity index is 2840. The van der Waals surface area contributed by atoms with Crippen molar-refractivity contribution in [2.45, 2.75) is 19.3 Å². The van der Waals surface area contributed by atoms with Crippen LogP contribution in [0, 0.1) is 0 Å². The number of rotatable bonds is 5. The van der Waals surface area contributed by atoms with Gasteiger partial charge in [0.2, 0.25) is 0 Å². The Kier molecular flexibility index (Phi) is 7.16. The molecule has 0 atom stereocenters. The minimum Gasteiger partial charge on any atom is -0.208 e. The van der Waals surface area contributed by atoms with Crippen molar-refractivity contribution in [3.63, 3.8) is 0 Å². The van der Waals surface area contributed by atoms with Crippen LogP contribution in [0.15, 0.2) is 176 Å². The van der Waals surface area contributed by atoms with E-state index < -0.39 is 0 Å². The third-order valence-electron chi connectivity index (χ3n) is 10.9. The molecule has 0 radical (unpaired) electrons. The number of benzene rings is 8. The maximum Gasteiger partial charge on any atom is 0.164 e. The summed E-state index contributed by atoms with van der Waals surface area (Å²) in [7, 11) is 0. The van der Waals surface area contributed by atoms with E-state index in [1.165, 1.54) is 60.5 Å². The summed E-state index contributed by atoms with van der Waals surface area (Å²) in [6, 6.07) is 62.6. The molecule has 53 heavy (non-hydrogen) atoms. The number of hydrogen-bond donors (Lipinski definition) is 0. The fraction of sp³-hybridized carbons (Fsp3) is 0.0600. The maximum absolute atomic E-state index is 5.31. The van der Waals surface area contributed by atoms with Gasteiger partial charge in [0.1, 0.15) is 0 Å². The molecule has 0 fully saturated rings. The molecule has 0 N–H and O–H groups in total. The Morgan fingerprint density at radius 2 is 0.868 bits per heavy atom. The molecular weight excluding hydrogens is 643 g/mol. The number of aromatic nitrogens is 3. The molecule has 0 bridgehead atoms. The first kappa shape index (κ1) is 31.1. The molecule has 0 unspecified atom stereocenters. The minimum atomic E-state index is -0.217. The average molecular weight is 678 g/mol. The summed E-state index contributed by atoms with van der Waals surface area (Å²) in [5, 5.41) is 4.89. The fourth-order valence-corrected chi connectivity index (χ4v) is 8.23. The van der Waals surface area contributed by atoms with Gasteiger partial charge in [-0.2, -0.15) is 0 Å². The standard InChI is InChI=1S/C50H35N3/c1-50(2)44-20-12-11-19-42(44)45-43(31-40-30-39(27-28-41(40)46(45)50)32-13-5-3-6-14-32)49-52-47(35-16-7-4-8-17-35)51-48(53-49)36-24-21-34(22-25-36)38-26-23-33-15-9-10-18-37(33)29-38/h3-31H,1-2H3. The highest BCUT2D eigenvalue weighted by Gasteiger charge is 2.39. The topological polar surface area (TPSA) is 38.7 Å². The lowest BCUT2D eigenvalue weighted by atomic mass is 9.79. The second-order valence-corrected chi connectivity index (χ2v) is 14.5. The van der Waals surface area contributed by atoms with Gasteiger partial charge in [-0.1, -0.05) is 172 Å². The Balaban J connectivity index is 1.19. The number of fused-ring (bicyclic) bond motifs is 6. The Hall–Kier alpha value is -6.71. The van der Waals surface area contributed by atoms with Crippen molar-refractivity contribution >= 4 is 21.5 Å². The molecule has 1 aliphatic carbocycles. The summed E-state index contributed by atoms with van der Waals surface area (Å²) in [6.45, 7) is 4.69. The van der Waals surface area contributed by atoms with Gasteiger partial charge in [-0.05, 0) is 84.3 Å². The normalized spacial score (nSPS) is 12.9. The SMILES string of the molecule is CC1(C)c2ccccc2-c2c(-c3nc(-c4ccccc4)nc(-c4ccc(-c5ccc6ccccc6c5)cc4)n3)cc3cc(-c4ccccc4)ccc3c21. The summed E-state index contributed by atoms with van der Waals surface area (Å²) < 4.78 is 0. The average Bonchev–Trinajstić information content (AvgIpc) is 3.47. The molecule has 0 amide bonds. The molecule has 3 heteroatoms. The minimum absolute atomic E-state index is 0.217. The number of nitrogens with zero attached hydrogens (tertiary/aromatic N) is 3. The van der Waals surface area contributed by atoms with E-state index >= 15 is 0 Å². The lowest BCUT2D eigenvalue weighted by Crippen LogP contribution is -2.15. The predicted octanol–water partition coefficient (Wildman–Crippen LogP) is 12.8. The molecule has 1 heterocycles. The van der Waals surface area contributed by atoms with Crippen molar-refractivity contribution < 1.29 is 0 Å². The van der Waals surface area contributed by atoms with Crippen LogP contribution >= 0.6 is 0 Å². The Morgan fingerprint density at radius 1 is 0.358 bits per heavy atom. The van der Waals surface area contributed by atoms with E-state index in [2.05, 4.69) is 172 Å². The van der Waals surface area contributed by atoms with E-state index in [0.717, 1.165) is 22.3 Å². The molecule has 0 saturated heterocycles. The zero-order valence-electron chi connectivity index (χ0n) is 29.6. The third kappa shape index (κ3) is 5.24. The highest BCUT2D eigenvalue weighted by Crippen LogP contribution is 2.54. The predicted molar refractivity (Wildman–Crippen MR) is 220 cm³/mol. The van der Waals surface area contributed by atoms with Gasteiger partial charge in [0.05, 0.1) is 0 Å². The van der Waals surface area contributed by atoms with Gasteiger partial charge < -0.3 is 0 Å². The van der Waals surface area contributed by atoms with E-state index in [1.54, 1.807) is 0 Å². The van der Waals surface area contributed by atoms with Crippen LogP contribution in [0.5, 0.6) is 0 Å². The second-order valence-electron chi connectivity index (χ2n) is 14.5. The zero-order chi connectivity index (χ0) is 35.5. The molecule has 0 aliphatic heterocycles. The van der Waals surface area contributed by atoms with Crippen molar-refractivity contribution in [1.82, 2.24) is 15.0 Å². The highest BCUT2D eigenvalue weighted by atomic mass is 15.0. The Morgan fingerprint density at radius 3 is 1.60 bits per heavy atom. The number of hydrogen-bond acceptors (Lipinski definition) is 3. The summed E-state index contributed by atoms with van der Waals surface area (Å²) in [5.41, 5.74) is 12.5. The van der Waals surface area contributed by atoms with Gasteiger partial charge in [0.15, 0.2) is 17.5 Å². The van der Waals surface area contributed by atoms with Gasteiger partial charge in [-0.15, -0.1) is 0 Å². The maximum atomic E-state index is 5.31. The molecular formula is C50H35N3. The Labute approximate surface area is 309 Å². The molecule has 1 aromatic heterocycles. The summed E-state index contributed by atoms with van der Waals surface area (Å²) >= 11 is 0. The van der Waals surface area contributed by atoms with Crippen LogP contribution in [0.3, 0.4) is 0 Å². The summed E-state index contributed by atoms with van der Waals surface area (Å²) in [6.07, 6.45) is 0. The molecule has 3 nitrogen and oxygen atoms in total. The first-order chi connectivity index (χ1) is 26.0. The zero-order valence-corrected chi connectivity index (χ0v) is 29.6. The molecule has 10 rings (SSSR count). The monoisotopic (exact) mass is 677 g/mol. The lowest BCUT2D eigenvalue weighted by molar-refractivity contribution is 0.666. The first-order valence-corrected chi connectivity index (χ1v) is 18.2. The van der Waals surface area contributed by atoms with Crippen LogP contribution < -0.4 is 0 Å².